The molecule has 0 saturated carbocycles. The second kappa shape index (κ2) is 6.96. The van der Waals surface area contributed by atoms with Gasteiger partial charge in [-0.2, -0.15) is 0 Å². The maximum absolute atomic E-state index is 12.8. The molecule has 7 nitrogen and oxygen atoms in total. The number of nitrogens with zero attached hydrogens (tertiary/aromatic N) is 3. The zero-order chi connectivity index (χ0) is 19.0. The van der Waals surface area contributed by atoms with Gasteiger partial charge >= 0.3 is 5.69 Å². The van der Waals surface area contributed by atoms with E-state index in [9.17, 15) is 20.0 Å². The largest absolute Gasteiger partial charge is 0.502 e. The Hall–Kier alpha value is -3.00. The molecule has 0 spiro atoms. The Labute approximate surface area is 159 Å². The minimum Gasteiger partial charge on any atom is -0.502 e. The molecule has 4 rings (SSSR count). The topological polar surface area (TPSA) is 96.6 Å². The van der Waals surface area contributed by atoms with E-state index in [1.807, 2.05) is 24.3 Å². The highest BCUT2D eigenvalue weighted by atomic mass is 32.1. The molecule has 2 heterocycles. The number of hydrogen-bond donors (Lipinski definition) is 1. The number of amides is 1. The fourth-order valence-electron chi connectivity index (χ4n) is 3.42. The zero-order valence-electron chi connectivity index (χ0n) is 14.4. The van der Waals surface area contributed by atoms with Gasteiger partial charge in [-0.15, -0.1) is 11.3 Å². The van der Waals surface area contributed by atoms with E-state index >= 15 is 0 Å². The average molecular weight is 383 g/mol. The first-order valence-corrected chi connectivity index (χ1v) is 9.47. The number of carbonyl (C=O) groups is 1. The summed E-state index contributed by atoms with van der Waals surface area (Å²) >= 11 is 1.66. The third-order valence-corrected chi connectivity index (χ3v) is 5.99. The smallest absolute Gasteiger partial charge is 0.310 e. The minimum atomic E-state index is -0.673. The molecule has 0 bridgehead atoms. The Morgan fingerprint density at radius 3 is 2.85 bits per heavy atom. The Balaban J connectivity index is 1.54. The van der Waals surface area contributed by atoms with Crippen molar-refractivity contribution in [1.29, 1.82) is 0 Å². The monoisotopic (exact) mass is 383 g/mol. The second-order valence-corrected chi connectivity index (χ2v) is 7.63. The molecule has 0 radical (unpaired) electrons. The first-order chi connectivity index (χ1) is 13.0. The normalized spacial score (nSPS) is 17.2. The first kappa shape index (κ1) is 17.4. The molecule has 1 N–H and O–H groups in total. The molecular formula is C19H17N3O4S. The third-order valence-electron chi connectivity index (χ3n) is 4.79. The van der Waals surface area contributed by atoms with Crippen LogP contribution in [0, 0.1) is 10.1 Å². The number of carbonyl (C=O) groups excluding carboxylic acids is 1. The first-order valence-electron chi connectivity index (χ1n) is 8.65. The number of piperidine rings is 1. The lowest BCUT2D eigenvalue weighted by atomic mass is 9.98. The maximum atomic E-state index is 12.8. The van der Waals surface area contributed by atoms with E-state index in [1.54, 1.807) is 16.2 Å². The Morgan fingerprint density at radius 1 is 1.30 bits per heavy atom. The summed E-state index contributed by atoms with van der Waals surface area (Å²) in [5.74, 6) is -0.552. The van der Waals surface area contributed by atoms with Crippen LogP contribution < -0.4 is 0 Å². The number of nitro groups is 1. The Bertz CT molecular complexity index is 1000. The fraction of sp³-hybridized carbons (Fsp3) is 0.263. The van der Waals surface area contributed by atoms with Gasteiger partial charge in [-0.3, -0.25) is 14.9 Å². The zero-order valence-corrected chi connectivity index (χ0v) is 15.2. The number of thiazole rings is 1. The molecule has 1 saturated heterocycles. The van der Waals surface area contributed by atoms with Crippen molar-refractivity contribution in [2.24, 2.45) is 0 Å². The summed E-state index contributed by atoms with van der Waals surface area (Å²) in [6.45, 7) is 1.17. The standard InChI is InChI=1S/C19H17N3O4S/c23-16-10-12(7-8-15(16)22(25)26)19(24)21-9-3-4-13(11-21)18-20-14-5-1-2-6-17(14)27-18/h1-2,5-8,10,13,23H,3-4,9,11H2/t13-/m1/s1. The number of para-hydroxylation sites is 1. The van der Waals surface area contributed by atoms with Gasteiger partial charge in [-0.1, -0.05) is 12.1 Å². The molecule has 0 unspecified atom stereocenters. The van der Waals surface area contributed by atoms with Crippen LogP contribution in [-0.4, -0.2) is 38.9 Å². The molecule has 1 aliphatic rings. The summed E-state index contributed by atoms with van der Waals surface area (Å²) in [6, 6.07) is 11.7. The van der Waals surface area contributed by atoms with E-state index in [1.165, 1.54) is 12.1 Å². The van der Waals surface area contributed by atoms with Crippen molar-refractivity contribution in [3.63, 3.8) is 0 Å². The van der Waals surface area contributed by atoms with E-state index in [2.05, 4.69) is 0 Å². The molecule has 138 valence electrons. The van der Waals surface area contributed by atoms with Crippen molar-refractivity contribution < 1.29 is 14.8 Å². The van der Waals surface area contributed by atoms with E-state index in [0.717, 1.165) is 34.1 Å². The van der Waals surface area contributed by atoms with Crippen LogP contribution in [0.1, 0.15) is 34.1 Å². The van der Waals surface area contributed by atoms with E-state index in [4.69, 9.17) is 4.98 Å². The van der Waals surface area contributed by atoms with Crippen molar-refractivity contribution in [3.8, 4) is 5.75 Å². The van der Waals surface area contributed by atoms with Gasteiger partial charge in [-0.05, 0) is 37.1 Å². The van der Waals surface area contributed by atoms with Gasteiger partial charge in [0.1, 0.15) is 0 Å². The molecule has 8 heteroatoms. The second-order valence-electron chi connectivity index (χ2n) is 6.57. The highest BCUT2D eigenvalue weighted by molar-refractivity contribution is 7.18. The van der Waals surface area contributed by atoms with Gasteiger partial charge < -0.3 is 10.0 Å². The molecule has 27 heavy (non-hydrogen) atoms. The molecule has 2 aromatic carbocycles. The molecule has 1 fully saturated rings. The number of fused-ring (bicyclic) bond motifs is 1. The van der Waals surface area contributed by atoms with E-state index < -0.39 is 16.4 Å². The molecular weight excluding hydrogens is 366 g/mol. The van der Waals surface area contributed by atoms with Crippen molar-refractivity contribution in [3.05, 3.63) is 63.1 Å². The van der Waals surface area contributed by atoms with Gasteiger partial charge in [0, 0.05) is 30.6 Å². The van der Waals surface area contributed by atoms with Crippen LogP contribution in [0.15, 0.2) is 42.5 Å². The predicted octanol–water partition coefficient (Wildman–Crippen LogP) is 3.93. The highest BCUT2D eigenvalue weighted by Gasteiger charge is 2.28. The number of rotatable bonds is 3. The van der Waals surface area contributed by atoms with Crippen LogP contribution >= 0.6 is 11.3 Å². The summed E-state index contributed by atoms with van der Waals surface area (Å²) in [5.41, 5.74) is 0.821. The van der Waals surface area contributed by atoms with Gasteiger partial charge in [0.05, 0.1) is 20.1 Å². The SMILES string of the molecule is O=C(c1ccc([N+](=O)[O-])c(O)c1)N1CCC[C@@H](c2nc3ccccc3s2)C1. The summed E-state index contributed by atoms with van der Waals surface area (Å²) in [6.07, 6.45) is 1.83. The summed E-state index contributed by atoms with van der Waals surface area (Å²) in [4.78, 5) is 29.4. The van der Waals surface area contributed by atoms with Gasteiger partial charge in [0.25, 0.3) is 5.91 Å². The number of aromatic hydroxyl groups is 1. The van der Waals surface area contributed by atoms with Gasteiger partial charge in [0.2, 0.25) is 0 Å². The highest BCUT2D eigenvalue weighted by Crippen LogP contribution is 2.34. The molecule has 0 aliphatic carbocycles. The quantitative estimate of drug-likeness (QED) is 0.546. The van der Waals surface area contributed by atoms with Gasteiger partial charge in [-0.25, -0.2) is 4.98 Å². The van der Waals surface area contributed by atoms with Crippen LogP contribution in [0.2, 0.25) is 0 Å². The number of benzene rings is 2. The Kier molecular flexibility index (Phi) is 4.49. The predicted molar refractivity (Wildman–Crippen MR) is 102 cm³/mol. The van der Waals surface area contributed by atoms with Crippen molar-refractivity contribution >= 4 is 33.1 Å². The van der Waals surface area contributed by atoms with E-state index in [-0.39, 0.29) is 17.4 Å². The average Bonchev–Trinajstić information content (AvgIpc) is 3.11. The lowest BCUT2D eigenvalue weighted by Crippen LogP contribution is -2.39. The van der Waals surface area contributed by atoms with Crippen molar-refractivity contribution in [2.75, 3.05) is 13.1 Å². The fourth-order valence-corrected chi connectivity index (χ4v) is 4.51. The molecule has 1 atom stereocenters. The van der Waals surface area contributed by atoms with Crippen molar-refractivity contribution in [1.82, 2.24) is 9.88 Å². The maximum Gasteiger partial charge on any atom is 0.310 e. The molecule has 1 aliphatic heterocycles. The lowest BCUT2D eigenvalue weighted by Gasteiger charge is -2.32. The number of phenols is 1. The van der Waals surface area contributed by atoms with Crippen LogP contribution in [0.5, 0.6) is 5.75 Å². The van der Waals surface area contributed by atoms with Crippen LogP contribution in [0.25, 0.3) is 10.2 Å². The number of aromatic nitrogens is 1. The lowest BCUT2D eigenvalue weighted by molar-refractivity contribution is -0.385. The van der Waals surface area contributed by atoms with Crippen LogP contribution in [0.3, 0.4) is 0 Å². The van der Waals surface area contributed by atoms with E-state index in [0.29, 0.717) is 13.1 Å². The minimum absolute atomic E-state index is 0.173. The molecule has 1 aromatic heterocycles. The number of hydrogen-bond acceptors (Lipinski definition) is 6. The number of phenolic OH excluding ortho intramolecular Hbond substituents is 1. The molecule has 1 amide bonds. The summed E-state index contributed by atoms with van der Waals surface area (Å²) < 4.78 is 1.14. The number of likely N-dealkylation sites (tertiary alicyclic amines) is 1. The van der Waals surface area contributed by atoms with Gasteiger partial charge in [0.15, 0.2) is 5.75 Å². The summed E-state index contributed by atoms with van der Waals surface area (Å²) in [5, 5.41) is 21.6. The Morgan fingerprint density at radius 2 is 2.11 bits per heavy atom. The summed E-state index contributed by atoms with van der Waals surface area (Å²) in [7, 11) is 0. The van der Waals surface area contributed by atoms with Crippen LogP contribution in [0.4, 0.5) is 5.69 Å². The third kappa shape index (κ3) is 3.35. The number of nitro benzene ring substituents is 1. The molecule has 3 aromatic rings. The van der Waals surface area contributed by atoms with Crippen LogP contribution in [-0.2, 0) is 0 Å². The van der Waals surface area contributed by atoms with Crippen molar-refractivity contribution in [2.45, 2.75) is 18.8 Å².